The number of halogens is 4. The zero-order valence-electron chi connectivity index (χ0n) is 19.5. The molecule has 2 aliphatic carbocycles. The first kappa shape index (κ1) is 26.2. The minimum absolute atomic E-state index is 0.195. The molecule has 0 spiro atoms. The van der Waals surface area contributed by atoms with Gasteiger partial charge in [-0.05, 0) is 93.5 Å². The number of alkyl halides is 2. The quantitative estimate of drug-likeness (QED) is 0.231. The van der Waals surface area contributed by atoms with Gasteiger partial charge in [-0.25, -0.2) is 8.78 Å². The molecule has 3 rings (SSSR count). The van der Waals surface area contributed by atoms with Gasteiger partial charge in [0.05, 0.1) is 13.2 Å². The Morgan fingerprint density at radius 3 is 2.00 bits per heavy atom. The van der Waals surface area contributed by atoms with E-state index in [-0.39, 0.29) is 24.7 Å². The Kier molecular flexibility index (Phi) is 9.83. The molecule has 2 nitrogen and oxygen atoms in total. The molecule has 186 valence electrons. The fraction of sp³-hybridized carbons (Fsp3) is 0.731. The summed E-state index contributed by atoms with van der Waals surface area (Å²) in [5, 5.41) is 1.82. The Balaban J connectivity index is 1.42. The third-order valence-corrected chi connectivity index (χ3v) is 7.86. The van der Waals surface area contributed by atoms with Crippen molar-refractivity contribution in [2.45, 2.75) is 83.5 Å². The highest BCUT2D eigenvalue weighted by molar-refractivity contribution is 7.78. The van der Waals surface area contributed by atoms with Crippen molar-refractivity contribution in [1.82, 2.24) is 0 Å². The van der Waals surface area contributed by atoms with E-state index in [0.29, 0.717) is 24.7 Å². The van der Waals surface area contributed by atoms with Gasteiger partial charge in [0.1, 0.15) is 0 Å². The molecular weight excluding hydrogens is 452 g/mol. The Morgan fingerprint density at radius 1 is 0.909 bits per heavy atom. The van der Waals surface area contributed by atoms with Crippen LogP contribution >= 0.6 is 12.2 Å². The van der Waals surface area contributed by atoms with Crippen LogP contribution in [0.3, 0.4) is 0 Å². The highest BCUT2D eigenvalue weighted by atomic mass is 32.1. The third-order valence-electron chi connectivity index (χ3n) is 7.62. The molecule has 0 aliphatic heterocycles. The van der Waals surface area contributed by atoms with Crippen molar-refractivity contribution in [3.63, 3.8) is 0 Å². The zero-order valence-corrected chi connectivity index (χ0v) is 20.3. The predicted molar refractivity (Wildman–Crippen MR) is 126 cm³/mol. The standard InChI is InChI=1S/C26H36F4O2S/c1-2-31-22-13-14-23(25(28)24(22)27)32-16-15-26(29,30)21-11-9-20(10-12-21)19-7-5-18(6-8-19)4-3-17-33/h13-14,17-21H,2-12,15-16H2,1H3. The van der Waals surface area contributed by atoms with Gasteiger partial charge in [0.25, 0.3) is 5.92 Å². The SMILES string of the molecule is CCOc1ccc(OCCC(F)(F)C2CCC(C3CCC(CCC=S)CC3)CC2)c(F)c1F. The summed E-state index contributed by atoms with van der Waals surface area (Å²) >= 11 is 4.93. The van der Waals surface area contributed by atoms with E-state index < -0.39 is 29.9 Å². The Labute approximate surface area is 200 Å². The molecule has 7 heteroatoms. The second-order valence-corrected chi connectivity index (χ2v) is 9.95. The van der Waals surface area contributed by atoms with Gasteiger partial charge < -0.3 is 9.47 Å². The van der Waals surface area contributed by atoms with Crippen LogP contribution in [-0.2, 0) is 0 Å². The number of rotatable bonds is 11. The van der Waals surface area contributed by atoms with Gasteiger partial charge in [0.15, 0.2) is 11.5 Å². The maximum atomic E-state index is 14.8. The van der Waals surface area contributed by atoms with Crippen molar-refractivity contribution < 1.29 is 27.0 Å². The van der Waals surface area contributed by atoms with Gasteiger partial charge in [-0.3, -0.25) is 0 Å². The van der Waals surface area contributed by atoms with E-state index in [1.165, 1.54) is 44.2 Å². The molecule has 2 saturated carbocycles. The number of hydrogen-bond donors (Lipinski definition) is 0. The van der Waals surface area contributed by atoms with Crippen LogP contribution in [0, 0.1) is 35.3 Å². The maximum absolute atomic E-state index is 14.8. The smallest absolute Gasteiger partial charge is 0.254 e. The normalized spacial score (nSPS) is 26.1. The molecule has 0 unspecified atom stereocenters. The summed E-state index contributed by atoms with van der Waals surface area (Å²) in [5.41, 5.74) is 0. The van der Waals surface area contributed by atoms with E-state index in [4.69, 9.17) is 21.7 Å². The molecule has 1 aromatic rings. The van der Waals surface area contributed by atoms with Gasteiger partial charge in [0, 0.05) is 12.3 Å². The van der Waals surface area contributed by atoms with Gasteiger partial charge in [-0.15, -0.1) is 0 Å². The minimum Gasteiger partial charge on any atom is -0.491 e. The monoisotopic (exact) mass is 488 g/mol. The number of hydrogen-bond acceptors (Lipinski definition) is 3. The molecule has 0 heterocycles. The molecule has 0 aromatic heterocycles. The van der Waals surface area contributed by atoms with E-state index in [2.05, 4.69) is 0 Å². The lowest BCUT2D eigenvalue weighted by Gasteiger charge is -2.39. The van der Waals surface area contributed by atoms with E-state index >= 15 is 0 Å². The van der Waals surface area contributed by atoms with Crippen molar-refractivity contribution in [1.29, 1.82) is 0 Å². The highest BCUT2D eigenvalue weighted by Crippen LogP contribution is 2.46. The number of benzene rings is 1. The lowest BCUT2D eigenvalue weighted by atomic mass is 9.68. The summed E-state index contributed by atoms with van der Waals surface area (Å²) in [6.07, 6.45) is 9.36. The summed E-state index contributed by atoms with van der Waals surface area (Å²) in [6.45, 7) is 1.50. The molecule has 0 atom stereocenters. The molecule has 2 aliphatic rings. The van der Waals surface area contributed by atoms with Crippen LogP contribution in [0.15, 0.2) is 12.1 Å². The van der Waals surface area contributed by atoms with E-state index in [1.807, 2.05) is 5.37 Å². The molecule has 0 bridgehead atoms. The van der Waals surface area contributed by atoms with Crippen LogP contribution in [0.1, 0.15) is 77.6 Å². The Morgan fingerprint density at radius 2 is 1.45 bits per heavy atom. The van der Waals surface area contributed by atoms with E-state index in [9.17, 15) is 17.6 Å². The average Bonchev–Trinajstić information content (AvgIpc) is 2.82. The summed E-state index contributed by atoms with van der Waals surface area (Å²) in [7, 11) is 0. The molecule has 0 amide bonds. The first-order valence-electron chi connectivity index (χ1n) is 12.4. The molecule has 1 aromatic carbocycles. The largest absolute Gasteiger partial charge is 0.491 e. The summed E-state index contributed by atoms with van der Waals surface area (Å²) < 4.78 is 67.8. The topological polar surface area (TPSA) is 18.5 Å². The van der Waals surface area contributed by atoms with Gasteiger partial charge in [-0.2, -0.15) is 8.78 Å². The van der Waals surface area contributed by atoms with Crippen LogP contribution < -0.4 is 9.47 Å². The van der Waals surface area contributed by atoms with Gasteiger partial charge in [-0.1, -0.05) is 25.1 Å². The Bertz CT molecular complexity index is 757. The van der Waals surface area contributed by atoms with E-state index in [0.717, 1.165) is 25.2 Å². The van der Waals surface area contributed by atoms with Crippen LogP contribution in [0.4, 0.5) is 17.6 Å². The molecule has 0 N–H and O–H groups in total. The molecular formula is C26H36F4O2S. The van der Waals surface area contributed by atoms with Crippen molar-refractivity contribution >= 4 is 17.6 Å². The highest BCUT2D eigenvalue weighted by Gasteiger charge is 2.42. The number of ether oxygens (including phenoxy) is 2. The molecule has 33 heavy (non-hydrogen) atoms. The lowest BCUT2D eigenvalue weighted by Crippen LogP contribution is -2.35. The summed E-state index contributed by atoms with van der Waals surface area (Å²) in [6, 6.07) is 2.47. The third kappa shape index (κ3) is 7.06. The van der Waals surface area contributed by atoms with Crippen LogP contribution in [0.2, 0.25) is 0 Å². The molecule has 0 saturated heterocycles. The van der Waals surface area contributed by atoms with Crippen LogP contribution in [0.25, 0.3) is 0 Å². The minimum atomic E-state index is -2.87. The average molecular weight is 489 g/mol. The van der Waals surface area contributed by atoms with E-state index in [1.54, 1.807) is 6.92 Å². The first-order valence-corrected chi connectivity index (χ1v) is 12.9. The lowest BCUT2D eigenvalue weighted by molar-refractivity contribution is -0.0909. The van der Waals surface area contributed by atoms with Crippen molar-refractivity contribution in [3.8, 4) is 11.5 Å². The number of thiocarbonyl (C=S) groups is 1. The van der Waals surface area contributed by atoms with Crippen LogP contribution in [0.5, 0.6) is 11.5 Å². The molecule has 2 fully saturated rings. The zero-order chi connectivity index (χ0) is 23.8. The Hall–Kier alpha value is -1.37. The van der Waals surface area contributed by atoms with Gasteiger partial charge in [0.2, 0.25) is 11.6 Å². The fourth-order valence-electron chi connectivity index (χ4n) is 5.66. The molecule has 0 radical (unpaired) electrons. The summed E-state index contributed by atoms with van der Waals surface area (Å²) in [5.74, 6) is -4.49. The maximum Gasteiger partial charge on any atom is 0.254 e. The second kappa shape index (κ2) is 12.4. The summed E-state index contributed by atoms with van der Waals surface area (Å²) in [4.78, 5) is 0. The van der Waals surface area contributed by atoms with Gasteiger partial charge >= 0.3 is 0 Å². The first-order chi connectivity index (χ1) is 15.9. The predicted octanol–water partition coefficient (Wildman–Crippen LogP) is 8.16. The van der Waals surface area contributed by atoms with Crippen molar-refractivity contribution in [2.75, 3.05) is 13.2 Å². The van der Waals surface area contributed by atoms with Crippen molar-refractivity contribution in [3.05, 3.63) is 23.8 Å². The van der Waals surface area contributed by atoms with Crippen LogP contribution in [-0.4, -0.2) is 24.5 Å². The fourth-order valence-corrected chi connectivity index (χ4v) is 5.79. The van der Waals surface area contributed by atoms with Crippen molar-refractivity contribution in [2.24, 2.45) is 23.7 Å². The second-order valence-electron chi connectivity index (χ2n) is 9.62.